The normalized spacial score (nSPS) is 21.0. The first kappa shape index (κ1) is 9.74. The molecule has 1 aromatic heterocycles. The van der Waals surface area contributed by atoms with Gasteiger partial charge in [0.15, 0.2) is 0 Å². The van der Waals surface area contributed by atoms with Gasteiger partial charge in [0.2, 0.25) is 0 Å². The van der Waals surface area contributed by atoms with Gasteiger partial charge in [-0.3, -0.25) is 0 Å². The number of aromatic nitrogens is 1. The van der Waals surface area contributed by atoms with Crippen molar-refractivity contribution in [3.05, 3.63) is 24.0 Å². The number of aliphatic hydroxyl groups excluding tert-OH is 1. The number of nitrogens with zero attached hydrogens (tertiary/aromatic N) is 1. The van der Waals surface area contributed by atoms with E-state index in [4.69, 9.17) is 0 Å². The van der Waals surface area contributed by atoms with Gasteiger partial charge in [0.1, 0.15) is 0 Å². The Morgan fingerprint density at radius 1 is 1.50 bits per heavy atom. The van der Waals surface area contributed by atoms with Crippen molar-refractivity contribution in [3.8, 4) is 0 Å². The fourth-order valence-corrected chi connectivity index (χ4v) is 2.13. The molecule has 1 unspecified atom stereocenters. The van der Waals surface area contributed by atoms with Gasteiger partial charge in [-0.05, 0) is 43.5 Å². The van der Waals surface area contributed by atoms with Crippen molar-refractivity contribution in [2.75, 3.05) is 13.1 Å². The van der Waals surface area contributed by atoms with Gasteiger partial charge in [0.05, 0.1) is 6.10 Å². The molecule has 0 saturated carbocycles. The molecule has 0 radical (unpaired) electrons. The van der Waals surface area contributed by atoms with E-state index in [0.717, 1.165) is 31.5 Å². The van der Waals surface area contributed by atoms with Crippen LogP contribution in [0.3, 0.4) is 0 Å². The van der Waals surface area contributed by atoms with Crippen LogP contribution in [-0.4, -0.2) is 22.8 Å². The Morgan fingerprint density at radius 3 is 2.79 bits per heavy atom. The smallest absolute Gasteiger partial charge is 0.0833 e. The van der Waals surface area contributed by atoms with Crippen LogP contribution in [0.5, 0.6) is 0 Å². The van der Waals surface area contributed by atoms with E-state index >= 15 is 0 Å². The van der Waals surface area contributed by atoms with Crippen LogP contribution in [0.1, 0.15) is 24.5 Å². The standard InChI is InChI=1S/C11H18N2O/c1-13-7-4-10(8-13)11(14)9-2-5-12-6-3-9/h4,7-9,11-12,14H,2-3,5-6H2,1H3. The molecule has 1 atom stereocenters. The molecule has 0 bridgehead atoms. The van der Waals surface area contributed by atoms with Crippen molar-refractivity contribution < 1.29 is 5.11 Å². The van der Waals surface area contributed by atoms with E-state index in [1.165, 1.54) is 0 Å². The molecule has 1 fully saturated rings. The molecular formula is C11H18N2O. The van der Waals surface area contributed by atoms with Crippen molar-refractivity contribution in [1.29, 1.82) is 0 Å². The Balaban J connectivity index is 2.03. The van der Waals surface area contributed by atoms with Crippen molar-refractivity contribution in [2.45, 2.75) is 18.9 Å². The summed E-state index contributed by atoms with van der Waals surface area (Å²) in [5.41, 5.74) is 1.06. The Kier molecular flexibility index (Phi) is 2.89. The highest BCUT2D eigenvalue weighted by Crippen LogP contribution is 2.28. The number of piperidine rings is 1. The molecule has 2 N–H and O–H groups in total. The lowest BCUT2D eigenvalue weighted by Gasteiger charge is -2.26. The van der Waals surface area contributed by atoms with E-state index in [-0.39, 0.29) is 6.10 Å². The molecule has 1 aromatic rings. The Bertz CT molecular complexity index is 289. The third kappa shape index (κ3) is 1.99. The predicted octanol–water partition coefficient (Wildman–Crippen LogP) is 1.06. The number of rotatable bonds is 2. The highest BCUT2D eigenvalue weighted by Gasteiger charge is 2.23. The van der Waals surface area contributed by atoms with E-state index in [0.29, 0.717) is 5.92 Å². The molecule has 1 aliphatic rings. The topological polar surface area (TPSA) is 37.2 Å². The molecule has 2 heterocycles. The van der Waals surface area contributed by atoms with Crippen LogP contribution in [0.15, 0.2) is 18.5 Å². The van der Waals surface area contributed by atoms with E-state index in [1.54, 1.807) is 0 Å². The molecule has 1 aliphatic heterocycles. The lowest BCUT2D eigenvalue weighted by Crippen LogP contribution is -2.30. The van der Waals surface area contributed by atoms with Crippen LogP contribution in [0.25, 0.3) is 0 Å². The van der Waals surface area contributed by atoms with Gasteiger partial charge >= 0.3 is 0 Å². The van der Waals surface area contributed by atoms with E-state index < -0.39 is 0 Å². The Labute approximate surface area is 84.7 Å². The molecule has 2 rings (SSSR count). The minimum atomic E-state index is -0.279. The van der Waals surface area contributed by atoms with Crippen LogP contribution in [0, 0.1) is 5.92 Å². The van der Waals surface area contributed by atoms with Crippen molar-refractivity contribution in [1.82, 2.24) is 9.88 Å². The third-order valence-electron chi connectivity index (χ3n) is 3.03. The number of nitrogens with one attached hydrogen (secondary N) is 1. The second-order valence-electron chi connectivity index (χ2n) is 4.14. The average Bonchev–Trinajstić information content (AvgIpc) is 2.65. The minimum Gasteiger partial charge on any atom is -0.388 e. The van der Waals surface area contributed by atoms with Crippen LogP contribution in [-0.2, 0) is 7.05 Å². The summed E-state index contributed by atoms with van der Waals surface area (Å²) < 4.78 is 1.99. The van der Waals surface area contributed by atoms with Gasteiger partial charge < -0.3 is 15.0 Å². The first-order valence-corrected chi connectivity index (χ1v) is 5.28. The molecule has 1 saturated heterocycles. The Hall–Kier alpha value is -0.800. The summed E-state index contributed by atoms with van der Waals surface area (Å²) in [4.78, 5) is 0. The number of aliphatic hydroxyl groups is 1. The molecule has 0 aromatic carbocycles. The van der Waals surface area contributed by atoms with Crippen molar-refractivity contribution >= 4 is 0 Å². The van der Waals surface area contributed by atoms with Crippen molar-refractivity contribution in [2.24, 2.45) is 13.0 Å². The molecule has 14 heavy (non-hydrogen) atoms. The second-order valence-corrected chi connectivity index (χ2v) is 4.14. The summed E-state index contributed by atoms with van der Waals surface area (Å²) >= 11 is 0. The molecule has 0 amide bonds. The maximum atomic E-state index is 10.1. The van der Waals surface area contributed by atoms with Crippen molar-refractivity contribution in [3.63, 3.8) is 0 Å². The van der Waals surface area contributed by atoms with Crippen LogP contribution < -0.4 is 5.32 Å². The maximum Gasteiger partial charge on any atom is 0.0833 e. The van der Waals surface area contributed by atoms with Crippen LogP contribution in [0.2, 0.25) is 0 Å². The highest BCUT2D eigenvalue weighted by molar-refractivity contribution is 5.14. The van der Waals surface area contributed by atoms with Gasteiger partial charge in [-0.25, -0.2) is 0 Å². The number of aryl methyl sites for hydroxylation is 1. The number of hydrogen-bond donors (Lipinski definition) is 2. The largest absolute Gasteiger partial charge is 0.388 e. The Morgan fingerprint density at radius 2 is 2.21 bits per heavy atom. The molecule has 0 spiro atoms. The fourth-order valence-electron chi connectivity index (χ4n) is 2.13. The number of hydrogen-bond acceptors (Lipinski definition) is 2. The summed E-state index contributed by atoms with van der Waals surface area (Å²) in [6.07, 6.45) is 5.87. The summed E-state index contributed by atoms with van der Waals surface area (Å²) in [6.45, 7) is 2.07. The van der Waals surface area contributed by atoms with Crippen LogP contribution >= 0.6 is 0 Å². The second kappa shape index (κ2) is 4.15. The lowest BCUT2D eigenvalue weighted by molar-refractivity contribution is 0.0889. The zero-order valence-electron chi connectivity index (χ0n) is 8.61. The van der Waals surface area contributed by atoms with Gasteiger partial charge in [-0.2, -0.15) is 0 Å². The van der Waals surface area contributed by atoms with Gasteiger partial charge in [-0.15, -0.1) is 0 Å². The first-order valence-electron chi connectivity index (χ1n) is 5.28. The molecule has 0 aliphatic carbocycles. The molecule has 3 heteroatoms. The summed E-state index contributed by atoms with van der Waals surface area (Å²) in [5, 5.41) is 13.4. The zero-order valence-corrected chi connectivity index (χ0v) is 8.61. The zero-order chi connectivity index (χ0) is 9.97. The van der Waals surface area contributed by atoms with E-state index in [1.807, 2.05) is 30.1 Å². The quantitative estimate of drug-likeness (QED) is 0.738. The van der Waals surface area contributed by atoms with E-state index in [2.05, 4.69) is 5.32 Å². The fraction of sp³-hybridized carbons (Fsp3) is 0.636. The molecule has 3 nitrogen and oxygen atoms in total. The van der Waals surface area contributed by atoms with E-state index in [9.17, 15) is 5.11 Å². The maximum absolute atomic E-state index is 10.1. The summed E-state index contributed by atoms with van der Waals surface area (Å²) in [7, 11) is 1.98. The first-order chi connectivity index (χ1) is 6.77. The van der Waals surface area contributed by atoms with Crippen LogP contribution in [0.4, 0.5) is 0 Å². The molecule has 78 valence electrons. The van der Waals surface area contributed by atoms with Gasteiger partial charge in [-0.1, -0.05) is 0 Å². The lowest BCUT2D eigenvalue weighted by atomic mass is 9.89. The SMILES string of the molecule is Cn1ccc(C(O)C2CCNCC2)c1. The highest BCUT2D eigenvalue weighted by atomic mass is 16.3. The predicted molar refractivity (Wildman–Crippen MR) is 56.0 cm³/mol. The molecular weight excluding hydrogens is 176 g/mol. The minimum absolute atomic E-state index is 0.279. The summed E-state index contributed by atoms with van der Waals surface area (Å²) in [6, 6.07) is 2.01. The monoisotopic (exact) mass is 194 g/mol. The average molecular weight is 194 g/mol. The van der Waals surface area contributed by atoms with Gasteiger partial charge in [0.25, 0.3) is 0 Å². The third-order valence-corrected chi connectivity index (χ3v) is 3.03. The van der Waals surface area contributed by atoms with Gasteiger partial charge in [0, 0.05) is 19.4 Å². The summed E-state index contributed by atoms with van der Waals surface area (Å²) in [5.74, 6) is 0.429.